The fourth-order valence-corrected chi connectivity index (χ4v) is 5.28. The molecule has 2 aromatic rings. The number of methoxy groups -OCH3 is 1. The second-order valence-corrected chi connectivity index (χ2v) is 10.0. The average molecular weight is 469 g/mol. The van der Waals surface area contributed by atoms with Gasteiger partial charge in [-0.05, 0) is 56.9 Å². The molecule has 0 bridgehead atoms. The molecule has 1 aliphatic rings. The molecule has 0 spiro atoms. The molecule has 0 saturated heterocycles. The minimum atomic E-state index is -0.536. The monoisotopic (exact) mass is 468 g/mol. The summed E-state index contributed by atoms with van der Waals surface area (Å²) in [5, 5.41) is 3.15. The van der Waals surface area contributed by atoms with Crippen molar-refractivity contribution < 1.29 is 14.3 Å². The standard InChI is InChI=1S/C27H36N2O3S/c1-19-12-20(2)14-23(13-19)17-33-18-26(30)29(16-22-8-7-11-25(15-22)32-4)21(3)27(31)28-24-9-5-6-10-24/h7-8,11-15,21,24H,5-6,9-10,16-18H2,1-4H3,(H,28,31). The van der Waals surface area contributed by atoms with Crippen molar-refractivity contribution in [1.29, 1.82) is 0 Å². The maximum Gasteiger partial charge on any atom is 0.242 e. The van der Waals surface area contributed by atoms with Crippen LogP contribution < -0.4 is 10.1 Å². The SMILES string of the molecule is COc1cccc(CN(C(=O)CSCc2cc(C)cc(C)c2)C(C)C(=O)NC2CCCC2)c1. The average Bonchev–Trinajstić information content (AvgIpc) is 3.29. The van der Waals surface area contributed by atoms with Crippen LogP contribution in [0.5, 0.6) is 5.75 Å². The summed E-state index contributed by atoms with van der Waals surface area (Å²) in [5.41, 5.74) is 4.63. The zero-order valence-corrected chi connectivity index (χ0v) is 21.0. The van der Waals surface area contributed by atoms with Crippen molar-refractivity contribution in [3.8, 4) is 5.75 Å². The van der Waals surface area contributed by atoms with Gasteiger partial charge >= 0.3 is 0 Å². The third-order valence-electron chi connectivity index (χ3n) is 6.13. The van der Waals surface area contributed by atoms with E-state index in [-0.39, 0.29) is 17.9 Å². The number of benzene rings is 2. The van der Waals surface area contributed by atoms with E-state index in [1.807, 2.05) is 31.2 Å². The van der Waals surface area contributed by atoms with E-state index in [2.05, 4.69) is 37.4 Å². The van der Waals surface area contributed by atoms with Gasteiger partial charge in [0.25, 0.3) is 0 Å². The third kappa shape index (κ3) is 7.53. The highest BCUT2D eigenvalue weighted by Crippen LogP contribution is 2.21. The highest BCUT2D eigenvalue weighted by Gasteiger charge is 2.28. The van der Waals surface area contributed by atoms with E-state index < -0.39 is 6.04 Å². The Bertz CT molecular complexity index is 936. The molecule has 33 heavy (non-hydrogen) atoms. The number of hydrogen-bond acceptors (Lipinski definition) is 4. The van der Waals surface area contributed by atoms with Crippen LogP contribution >= 0.6 is 11.8 Å². The van der Waals surface area contributed by atoms with E-state index >= 15 is 0 Å². The lowest BCUT2D eigenvalue weighted by Crippen LogP contribution is -2.50. The van der Waals surface area contributed by atoms with Crippen LogP contribution in [0.15, 0.2) is 42.5 Å². The number of thioether (sulfide) groups is 1. The first-order chi connectivity index (χ1) is 15.9. The van der Waals surface area contributed by atoms with Crippen molar-refractivity contribution >= 4 is 23.6 Å². The minimum absolute atomic E-state index is 0.0266. The van der Waals surface area contributed by atoms with Gasteiger partial charge in [-0.1, -0.05) is 54.3 Å². The van der Waals surface area contributed by atoms with Crippen molar-refractivity contribution in [2.24, 2.45) is 0 Å². The van der Waals surface area contributed by atoms with Gasteiger partial charge in [-0.3, -0.25) is 9.59 Å². The molecule has 0 radical (unpaired) electrons. The fraction of sp³-hybridized carbons (Fsp3) is 0.481. The van der Waals surface area contributed by atoms with Crippen LogP contribution in [-0.4, -0.2) is 41.7 Å². The highest BCUT2D eigenvalue weighted by atomic mass is 32.2. The minimum Gasteiger partial charge on any atom is -0.497 e. The van der Waals surface area contributed by atoms with Crippen LogP contribution in [0.3, 0.4) is 0 Å². The first kappa shape index (κ1) is 25.2. The van der Waals surface area contributed by atoms with E-state index in [0.29, 0.717) is 12.3 Å². The van der Waals surface area contributed by atoms with Gasteiger partial charge in [0.05, 0.1) is 12.9 Å². The van der Waals surface area contributed by atoms with Gasteiger partial charge in [-0.25, -0.2) is 0 Å². The molecule has 3 rings (SSSR count). The molecule has 1 atom stereocenters. The summed E-state index contributed by atoms with van der Waals surface area (Å²) < 4.78 is 5.34. The molecule has 2 amide bonds. The van der Waals surface area contributed by atoms with E-state index in [1.165, 1.54) is 16.7 Å². The maximum atomic E-state index is 13.3. The molecule has 1 saturated carbocycles. The molecule has 1 N–H and O–H groups in total. The van der Waals surface area contributed by atoms with Crippen LogP contribution in [0.25, 0.3) is 0 Å². The fourth-order valence-electron chi connectivity index (χ4n) is 4.43. The second-order valence-electron chi connectivity index (χ2n) is 9.03. The molecule has 1 fully saturated rings. The quantitative estimate of drug-likeness (QED) is 0.532. The van der Waals surface area contributed by atoms with Crippen molar-refractivity contribution in [2.45, 2.75) is 70.8 Å². The van der Waals surface area contributed by atoms with Gasteiger partial charge in [0.15, 0.2) is 0 Å². The van der Waals surface area contributed by atoms with E-state index in [0.717, 1.165) is 42.7 Å². The Morgan fingerprint density at radius 2 is 1.79 bits per heavy atom. The van der Waals surface area contributed by atoms with Gasteiger partial charge < -0.3 is 15.0 Å². The van der Waals surface area contributed by atoms with Crippen LogP contribution in [0.2, 0.25) is 0 Å². The number of hydrogen-bond donors (Lipinski definition) is 1. The highest BCUT2D eigenvalue weighted by molar-refractivity contribution is 7.99. The number of nitrogens with zero attached hydrogens (tertiary/aromatic N) is 1. The molecule has 5 nitrogen and oxygen atoms in total. The lowest BCUT2D eigenvalue weighted by atomic mass is 10.1. The lowest BCUT2D eigenvalue weighted by Gasteiger charge is -2.30. The second kappa shape index (κ2) is 12.1. The molecule has 0 heterocycles. The van der Waals surface area contributed by atoms with Gasteiger partial charge in [-0.2, -0.15) is 0 Å². The number of carbonyl (C=O) groups is 2. The molecule has 6 heteroatoms. The van der Waals surface area contributed by atoms with E-state index in [4.69, 9.17) is 4.74 Å². The number of rotatable bonds is 10. The van der Waals surface area contributed by atoms with Crippen molar-refractivity contribution in [3.05, 3.63) is 64.7 Å². The predicted molar refractivity (Wildman–Crippen MR) is 135 cm³/mol. The molecule has 178 valence electrons. The summed E-state index contributed by atoms with van der Waals surface area (Å²) in [5.74, 6) is 1.74. The van der Waals surface area contributed by atoms with Crippen molar-refractivity contribution in [2.75, 3.05) is 12.9 Å². The number of ether oxygens (including phenoxy) is 1. The normalized spacial score (nSPS) is 14.7. The maximum absolute atomic E-state index is 13.3. The Hall–Kier alpha value is -2.47. The Morgan fingerprint density at radius 3 is 2.45 bits per heavy atom. The molecular formula is C27H36N2O3S. The summed E-state index contributed by atoms with van der Waals surface area (Å²) in [6.45, 7) is 6.38. The Labute approximate surface area is 202 Å². The number of amides is 2. The van der Waals surface area contributed by atoms with Crippen LogP contribution in [0.4, 0.5) is 0 Å². The summed E-state index contributed by atoms with van der Waals surface area (Å²) in [6, 6.07) is 13.9. The van der Waals surface area contributed by atoms with Gasteiger partial charge in [-0.15, -0.1) is 11.8 Å². The van der Waals surface area contributed by atoms with Gasteiger partial charge in [0.1, 0.15) is 11.8 Å². The number of aryl methyl sites for hydroxylation is 2. The Balaban J connectivity index is 1.68. The van der Waals surface area contributed by atoms with Gasteiger partial charge in [0, 0.05) is 18.3 Å². The van der Waals surface area contributed by atoms with E-state index in [9.17, 15) is 9.59 Å². The molecule has 0 aliphatic heterocycles. The summed E-state index contributed by atoms with van der Waals surface area (Å²) >= 11 is 1.59. The Morgan fingerprint density at radius 1 is 1.09 bits per heavy atom. The summed E-state index contributed by atoms with van der Waals surface area (Å²) in [6.07, 6.45) is 4.35. The number of nitrogens with one attached hydrogen (secondary N) is 1. The smallest absolute Gasteiger partial charge is 0.242 e. The summed E-state index contributed by atoms with van der Waals surface area (Å²) in [4.78, 5) is 28.0. The van der Waals surface area contributed by atoms with Crippen LogP contribution in [0, 0.1) is 13.8 Å². The summed E-state index contributed by atoms with van der Waals surface area (Å²) in [7, 11) is 1.63. The first-order valence-corrected chi connectivity index (χ1v) is 12.9. The van der Waals surface area contributed by atoms with Gasteiger partial charge in [0.2, 0.25) is 11.8 Å². The van der Waals surface area contributed by atoms with E-state index in [1.54, 1.807) is 23.8 Å². The van der Waals surface area contributed by atoms with Crippen LogP contribution in [-0.2, 0) is 21.9 Å². The lowest BCUT2D eigenvalue weighted by molar-refractivity contribution is -0.138. The Kier molecular flexibility index (Phi) is 9.24. The van der Waals surface area contributed by atoms with Crippen molar-refractivity contribution in [3.63, 3.8) is 0 Å². The van der Waals surface area contributed by atoms with Crippen molar-refractivity contribution in [1.82, 2.24) is 10.2 Å². The molecule has 1 aliphatic carbocycles. The van der Waals surface area contributed by atoms with Crippen LogP contribution in [0.1, 0.15) is 54.9 Å². The zero-order chi connectivity index (χ0) is 23.8. The largest absolute Gasteiger partial charge is 0.497 e. The first-order valence-electron chi connectivity index (χ1n) is 11.7. The molecule has 2 aromatic carbocycles. The zero-order valence-electron chi connectivity index (χ0n) is 20.2. The number of carbonyl (C=O) groups excluding carboxylic acids is 2. The predicted octanol–water partition coefficient (Wildman–Crippen LogP) is 5.02. The topological polar surface area (TPSA) is 58.6 Å². The molecule has 0 aromatic heterocycles. The molecular weight excluding hydrogens is 432 g/mol. The third-order valence-corrected chi connectivity index (χ3v) is 7.12. The molecule has 1 unspecified atom stereocenters.